The van der Waals surface area contributed by atoms with Crippen molar-refractivity contribution in [3.05, 3.63) is 89.6 Å². The van der Waals surface area contributed by atoms with Gasteiger partial charge in [-0.05, 0) is 40.5 Å². The van der Waals surface area contributed by atoms with Crippen molar-refractivity contribution in [3.63, 3.8) is 0 Å². The summed E-state index contributed by atoms with van der Waals surface area (Å²) < 4.78 is 0. The number of carbonyl (C=O) groups is 2. The molecule has 0 saturated carbocycles. The number of fused-ring (bicyclic) bond motifs is 2. The third-order valence-corrected chi connectivity index (χ3v) is 5.52. The van der Waals surface area contributed by atoms with Crippen molar-refractivity contribution in [1.82, 2.24) is 10.2 Å². The monoisotopic (exact) mass is 384 g/mol. The number of nitrogens with one attached hydrogen (secondary N) is 1. The smallest absolute Gasteiger partial charge is 0.223 e. The maximum absolute atomic E-state index is 12.9. The molecule has 1 heterocycles. The maximum Gasteiger partial charge on any atom is 0.223 e. The van der Waals surface area contributed by atoms with E-state index in [1.165, 1.54) is 6.92 Å². The first-order valence-electron chi connectivity index (χ1n) is 9.87. The summed E-state index contributed by atoms with van der Waals surface area (Å²) in [6.07, 6.45) is 3.91. The topological polar surface area (TPSA) is 49.4 Å². The largest absolute Gasteiger partial charge is 0.349 e. The molecule has 0 radical (unpaired) electrons. The van der Waals surface area contributed by atoms with Crippen LogP contribution in [0.25, 0.3) is 16.8 Å². The third kappa shape index (κ3) is 3.79. The second-order valence-corrected chi connectivity index (χ2v) is 7.45. The number of hydrogen-bond donors (Lipinski definition) is 1. The molecule has 0 unspecified atom stereocenters. The minimum atomic E-state index is -0.298. The van der Waals surface area contributed by atoms with E-state index in [1.807, 2.05) is 61.5 Å². The van der Waals surface area contributed by atoms with Crippen LogP contribution in [0.4, 0.5) is 0 Å². The van der Waals surface area contributed by atoms with E-state index < -0.39 is 0 Å². The molecule has 0 fully saturated rings. The average molecular weight is 384 g/mol. The van der Waals surface area contributed by atoms with Crippen LogP contribution < -0.4 is 5.32 Å². The van der Waals surface area contributed by atoms with Gasteiger partial charge in [-0.15, -0.1) is 0 Å². The lowest BCUT2D eigenvalue weighted by Crippen LogP contribution is -2.36. The van der Waals surface area contributed by atoms with Crippen LogP contribution in [0.1, 0.15) is 49.0 Å². The molecule has 3 aromatic rings. The van der Waals surface area contributed by atoms with Crippen molar-refractivity contribution in [2.45, 2.75) is 32.4 Å². The molecule has 29 heavy (non-hydrogen) atoms. The van der Waals surface area contributed by atoms with Gasteiger partial charge < -0.3 is 10.2 Å². The van der Waals surface area contributed by atoms with Crippen LogP contribution in [-0.4, -0.2) is 16.7 Å². The molecule has 2 atom stereocenters. The van der Waals surface area contributed by atoms with Crippen molar-refractivity contribution in [3.8, 4) is 0 Å². The van der Waals surface area contributed by atoms with Gasteiger partial charge in [-0.2, -0.15) is 0 Å². The molecule has 0 aromatic heterocycles. The predicted molar refractivity (Wildman–Crippen MR) is 116 cm³/mol. The van der Waals surface area contributed by atoms with Crippen LogP contribution in [0.15, 0.2) is 72.9 Å². The van der Waals surface area contributed by atoms with E-state index in [0.717, 1.165) is 27.5 Å². The van der Waals surface area contributed by atoms with Gasteiger partial charge in [0.1, 0.15) is 0 Å². The minimum absolute atomic E-state index is 0.0735. The van der Waals surface area contributed by atoms with E-state index in [1.54, 1.807) is 11.1 Å². The molecule has 1 N–H and O–H groups in total. The molecule has 1 aliphatic rings. The van der Waals surface area contributed by atoms with E-state index in [0.29, 0.717) is 0 Å². The summed E-state index contributed by atoms with van der Waals surface area (Å²) in [4.78, 5) is 26.7. The van der Waals surface area contributed by atoms with Gasteiger partial charge >= 0.3 is 0 Å². The van der Waals surface area contributed by atoms with Gasteiger partial charge in [0.2, 0.25) is 11.8 Å². The van der Waals surface area contributed by atoms with E-state index in [-0.39, 0.29) is 30.3 Å². The van der Waals surface area contributed by atoms with E-state index in [9.17, 15) is 9.59 Å². The molecule has 1 aliphatic heterocycles. The van der Waals surface area contributed by atoms with Gasteiger partial charge in [-0.25, -0.2) is 0 Å². The van der Waals surface area contributed by atoms with E-state index in [4.69, 9.17) is 0 Å². The van der Waals surface area contributed by atoms with Crippen molar-refractivity contribution >= 4 is 28.7 Å². The van der Waals surface area contributed by atoms with Crippen molar-refractivity contribution in [2.24, 2.45) is 0 Å². The highest BCUT2D eigenvalue weighted by atomic mass is 16.2. The molecule has 0 saturated heterocycles. The van der Waals surface area contributed by atoms with Crippen LogP contribution in [0.3, 0.4) is 0 Å². The fourth-order valence-corrected chi connectivity index (χ4v) is 4.10. The number of hydrogen-bond acceptors (Lipinski definition) is 2. The predicted octanol–water partition coefficient (Wildman–Crippen LogP) is 4.98. The normalized spacial score (nSPS) is 16.3. The zero-order chi connectivity index (χ0) is 20.4. The molecular weight excluding hydrogens is 360 g/mol. The van der Waals surface area contributed by atoms with Gasteiger partial charge in [0.15, 0.2) is 0 Å². The highest BCUT2D eigenvalue weighted by Gasteiger charge is 2.28. The third-order valence-electron chi connectivity index (χ3n) is 5.52. The van der Waals surface area contributed by atoms with Gasteiger partial charge in [0.25, 0.3) is 0 Å². The Bertz CT molecular complexity index is 1100. The molecule has 2 amide bonds. The molecule has 0 spiro atoms. The highest BCUT2D eigenvalue weighted by Crippen LogP contribution is 2.33. The Morgan fingerprint density at radius 1 is 1.00 bits per heavy atom. The summed E-state index contributed by atoms with van der Waals surface area (Å²) in [6.45, 7) is 3.53. The number of rotatable bonds is 4. The molecule has 146 valence electrons. The summed E-state index contributed by atoms with van der Waals surface area (Å²) in [5.41, 5.74) is 3.13. The Kier molecular flexibility index (Phi) is 5.17. The van der Waals surface area contributed by atoms with Crippen molar-refractivity contribution in [1.29, 1.82) is 0 Å². The number of amides is 2. The molecular formula is C25H24N2O2. The summed E-state index contributed by atoms with van der Waals surface area (Å²) >= 11 is 0. The second-order valence-electron chi connectivity index (χ2n) is 7.45. The second kappa shape index (κ2) is 7.92. The van der Waals surface area contributed by atoms with E-state index >= 15 is 0 Å². The molecule has 4 rings (SSSR count). The fraction of sp³-hybridized carbons (Fsp3) is 0.200. The van der Waals surface area contributed by atoms with Crippen LogP contribution in [0.5, 0.6) is 0 Å². The first kappa shape index (κ1) is 18.9. The Balaban J connectivity index is 1.55. The van der Waals surface area contributed by atoms with Gasteiger partial charge in [-0.3, -0.25) is 9.59 Å². The lowest BCUT2D eigenvalue weighted by atomic mass is 9.93. The standard InChI is InChI=1S/C25H24N2O2/c1-17(21-13-7-10-19-8-3-5-11-22(19)21)26-25(29)16-24-23-12-6-4-9-20(23)14-15-27(24)18(2)28/h3-15,17,24H,16H2,1-2H3,(H,26,29)/t17-,24-/m1/s1. The summed E-state index contributed by atoms with van der Waals surface area (Å²) in [6, 6.07) is 21.8. The van der Waals surface area contributed by atoms with Crippen LogP contribution >= 0.6 is 0 Å². The molecule has 0 aliphatic carbocycles. The Morgan fingerprint density at radius 2 is 1.72 bits per heavy atom. The van der Waals surface area contributed by atoms with Crippen molar-refractivity contribution in [2.75, 3.05) is 0 Å². The Morgan fingerprint density at radius 3 is 2.55 bits per heavy atom. The Hall–Kier alpha value is -3.40. The van der Waals surface area contributed by atoms with Gasteiger partial charge in [-0.1, -0.05) is 66.7 Å². The summed E-state index contributed by atoms with van der Waals surface area (Å²) in [5, 5.41) is 5.42. The van der Waals surface area contributed by atoms with Gasteiger partial charge in [0, 0.05) is 13.1 Å². The number of carbonyl (C=O) groups excluding carboxylic acids is 2. The molecule has 4 heteroatoms. The van der Waals surface area contributed by atoms with E-state index in [2.05, 4.69) is 23.5 Å². The summed E-state index contributed by atoms with van der Waals surface area (Å²) in [5.74, 6) is -0.151. The molecule has 4 nitrogen and oxygen atoms in total. The first-order valence-corrected chi connectivity index (χ1v) is 9.87. The first-order chi connectivity index (χ1) is 14.0. The summed E-state index contributed by atoms with van der Waals surface area (Å²) in [7, 11) is 0. The molecule has 0 bridgehead atoms. The molecule has 3 aromatic carbocycles. The quantitative estimate of drug-likeness (QED) is 0.690. The average Bonchev–Trinajstić information content (AvgIpc) is 2.73. The van der Waals surface area contributed by atoms with Crippen molar-refractivity contribution < 1.29 is 9.59 Å². The SMILES string of the molecule is CC(=O)N1C=Cc2ccccc2[C@H]1CC(=O)N[C@H](C)c1cccc2ccccc12. The maximum atomic E-state index is 12.9. The van der Waals surface area contributed by atoms with Crippen LogP contribution in [0.2, 0.25) is 0 Å². The zero-order valence-electron chi connectivity index (χ0n) is 16.6. The Labute approximate surface area is 170 Å². The lowest BCUT2D eigenvalue weighted by molar-refractivity contribution is -0.130. The van der Waals surface area contributed by atoms with Crippen LogP contribution in [0, 0.1) is 0 Å². The number of nitrogens with zero attached hydrogens (tertiary/aromatic N) is 1. The highest BCUT2D eigenvalue weighted by molar-refractivity contribution is 5.87. The lowest BCUT2D eigenvalue weighted by Gasteiger charge is -2.32. The fourth-order valence-electron chi connectivity index (χ4n) is 4.10. The zero-order valence-corrected chi connectivity index (χ0v) is 16.6. The van der Waals surface area contributed by atoms with Crippen LogP contribution in [-0.2, 0) is 9.59 Å². The number of benzene rings is 3. The minimum Gasteiger partial charge on any atom is -0.349 e. The van der Waals surface area contributed by atoms with Gasteiger partial charge in [0.05, 0.1) is 18.5 Å².